The normalized spacial score (nSPS) is 24.3. The Labute approximate surface area is 113 Å². The first kappa shape index (κ1) is 14.4. The Bertz CT molecular complexity index is 525. The number of pyridine rings is 1. The summed E-state index contributed by atoms with van der Waals surface area (Å²) in [5.74, 6) is 0. The number of aromatic nitrogens is 1. The highest BCUT2D eigenvalue weighted by atomic mass is 32.2. The first-order valence-corrected chi connectivity index (χ1v) is 7.85. The van der Waals surface area contributed by atoms with Crippen LogP contribution in [0.1, 0.15) is 31.4 Å². The third kappa shape index (κ3) is 3.50. The minimum Gasteiger partial charge on any atom is -0.393 e. The van der Waals surface area contributed by atoms with E-state index in [1.807, 2.05) is 0 Å². The summed E-state index contributed by atoms with van der Waals surface area (Å²) >= 11 is 0. The van der Waals surface area contributed by atoms with Crippen LogP contribution < -0.4 is 10.5 Å². The molecule has 0 aromatic carbocycles. The van der Waals surface area contributed by atoms with Crippen LogP contribution in [0.3, 0.4) is 0 Å². The molecule has 7 heteroatoms. The predicted octanol–water partition coefficient (Wildman–Crippen LogP) is 0.122. The van der Waals surface area contributed by atoms with Gasteiger partial charge in [-0.05, 0) is 37.8 Å². The van der Waals surface area contributed by atoms with Gasteiger partial charge in [-0.2, -0.15) is 0 Å². The molecule has 1 aromatic heterocycles. The zero-order valence-corrected chi connectivity index (χ0v) is 11.4. The van der Waals surface area contributed by atoms with E-state index in [-0.39, 0.29) is 23.6 Å². The molecule has 1 aliphatic rings. The SMILES string of the molecule is NCc1ncccc1S(=O)(=O)NC1CCC(O)CC1. The van der Waals surface area contributed by atoms with Gasteiger partial charge in [0.2, 0.25) is 10.0 Å². The number of nitrogens with zero attached hydrogens (tertiary/aromatic N) is 1. The fraction of sp³-hybridized carbons (Fsp3) is 0.583. The second-order valence-electron chi connectivity index (χ2n) is 4.78. The Balaban J connectivity index is 2.14. The molecular formula is C12H19N3O3S. The van der Waals surface area contributed by atoms with Crippen molar-refractivity contribution < 1.29 is 13.5 Å². The van der Waals surface area contributed by atoms with E-state index in [1.165, 1.54) is 12.3 Å². The van der Waals surface area contributed by atoms with Crippen LogP contribution >= 0.6 is 0 Å². The largest absolute Gasteiger partial charge is 0.393 e. The number of aliphatic hydroxyl groups excluding tert-OH is 1. The van der Waals surface area contributed by atoms with Crippen LogP contribution in [-0.4, -0.2) is 30.7 Å². The van der Waals surface area contributed by atoms with Gasteiger partial charge in [0.15, 0.2) is 0 Å². The van der Waals surface area contributed by atoms with Gasteiger partial charge < -0.3 is 10.8 Å². The summed E-state index contributed by atoms with van der Waals surface area (Å²) in [6, 6.07) is 2.97. The Morgan fingerprint density at radius 1 is 1.37 bits per heavy atom. The smallest absolute Gasteiger partial charge is 0.242 e. The van der Waals surface area contributed by atoms with Crippen LogP contribution in [0.15, 0.2) is 23.2 Å². The van der Waals surface area contributed by atoms with Crippen LogP contribution in [0, 0.1) is 0 Å². The van der Waals surface area contributed by atoms with Crippen molar-refractivity contribution in [2.24, 2.45) is 5.73 Å². The molecule has 19 heavy (non-hydrogen) atoms. The zero-order chi connectivity index (χ0) is 13.9. The Morgan fingerprint density at radius 3 is 2.68 bits per heavy atom. The topological polar surface area (TPSA) is 105 Å². The van der Waals surface area contributed by atoms with Crippen molar-refractivity contribution in [3.05, 3.63) is 24.0 Å². The molecule has 0 amide bonds. The summed E-state index contributed by atoms with van der Waals surface area (Å²) < 4.78 is 27.3. The molecule has 0 unspecified atom stereocenters. The molecule has 1 aromatic rings. The second kappa shape index (κ2) is 5.96. The minimum atomic E-state index is -3.59. The van der Waals surface area contributed by atoms with Crippen LogP contribution in [0.25, 0.3) is 0 Å². The van der Waals surface area contributed by atoms with E-state index >= 15 is 0 Å². The fourth-order valence-corrected chi connectivity index (χ4v) is 3.80. The van der Waals surface area contributed by atoms with E-state index in [9.17, 15) is 13.5 Å². The maximum Gasteiger partial charge on any atom is 0.242 e. The molecule has 106 valence electrons. The molecule has 6 nitrogen and oxygen atoms in total. The minimum absolute atomic E-state index is 0.0838. The summed E-state index contributed by atoms with van der Waals surface area (Å²) in [7, 11) is -3.59. The first-order valence-electron chi connectivity index (χ1n) is 6.37. The van der Waals surface area contributed by atoms with Crippen molar-refractivity contribution in [1.82, 2.24) is 9.71 Å². The van der Waals surface area contributed by atoms with Crippen molar-refractivity contribution in [2.75, 3.05) is 0 Å². The molecule has 2 rings (SSSR count). The van der Waals surface area contributed by atoms with Crippen molar-refractivity contribution in [1.29, 1.82) is 0 Å². The number of aliphatic hydroxyl groups is 1. The van der Waals surface area contributed by atoms with E-state index in [1.54, 1.807) is 6.07 Å². The monoisotopic (exact) mass is 285 g/mol. The molecule has 4 N–H and O–H groups in total. The number of sulfonamides is 1. The van der Waals surface area contributed by atoms with E-state index in [2.05, 4.69) is 9.71 Å². The van der Waals surface area contributed by atoms with Crippen LogP contribution in [-0.2, 0) is 16.6 Å². The van der Waals surface area contributed by atoms with Crippen molar-refractivity contribution in [3.63, 3.8) is 0 Å². The maximum absolute atomic E-state index is 12.3. The molecule has 0 atom stereocenters. The molecule has 1 aliphatic carbocycles. The molecular weight excluding hydrogens is 266 g/mol. The quantitative estimate of drug-likeness (QED) is 0.729. The van der Waals surface area contributed by atoms with Crippen LogP contribution in [0.4, 0.5) is 0 Å². The molecule has 0 spiro atoms. The average molecular weight is 285 g/mol. The van der Waals surface area contributed by atoms with Crippen molar-refractivity contribution in [2.45, 2.75) is 49.3 Å². The number of rotatable bonds is 4. The summed E-state index contributed by atoms with van der Waals surface area (Å²) in [4.78, 5) is 4.13. The molecule has 1 fully saturated rings. The maximum atomic E-state index is 12.3. The lowest BCUT2D eigenvalue weighted by atomic mass is 9.94. The molecule has 0 bridgehead atoms. The van der Waals surface area contributed by atoms with Gasteiger partial charge in [-0.1, -0.05) is 0 Å². The van der Waals surface area contributed by atoms with E-state index in [0.29, 0.717) is 31.4 Å². The van der Waals surface area contributed by atoms with Gasteiger partial charge in [0.1, 0.15) is 4.90 Å². The Kier molecular flexibility index (Phi) is 4.51. The van der Waals surface area contributed by atoms with Crippen LogP contribution in [0.5, 0.6) is 0 Å². The van der Waals surface area contributed by atoms with E-state index in [4.69, 9.17) is 5.73 Å². The number of hydrogen-bond donors (Lipinski definition) is 3. The summed E-state index contributed by atoms with van der Waals surface area (Å²) in [6.07, 6.45) is 3.78. The Morgan fingerprint density at radius 2 is 2.05 bits per heavy atom. The second-order valence-corrected chi connectivity index (χ2v) is 6.46. The van der Waals surface area contributed by atoms with Crippen LogP contribution in [0.2, 0.25) is 0 Å². The number of nitrogens with one attached hydrogen (secondary N) is 1. The average Bonchev–Trinajstić information content (AvgIpc) is 2.41. The molecule has 0 saturated heterocycles. The lowest BCUT2D eigenvalue weighted by molar-refractivity contribution is 0.120. The number of hydrogen-bond acceptors (Lipinski definition) is 5. The summed E-state index contributed by atoms with van der Waals surface area (Å²) in [6.45, 7) is 0.0838. The van der Waals surface area contributed by atoms with Gasteiger partial charge in [-0.25, -0.2) is 13.1 Å². The van der Waals surface area contributed by atoms with Crippen molar-refractivity contribution >= 4 is 10.0 Å². The zero-order valence-electron chi connectivity index (χ0n) is 10.6. The van der Waals surface area contributed by atoms with Gasteiger partial charge in [-0.3, -0.25) is 4.98 Å². The fourth-order valence-electron chi connectivity index (χ4n) is 2.30. The van der Waals surface area contributed by atoms with Gasteiger partial charge in [0.25, 0.3) is 0 Å². The molecule has 0 aliphatic heterocycles. The van der Waals surface area contributed by atoms with Gasteiger partial charge in [0.05, 0.1) is 11.8 Å². The third-order valence-corrected chi connectivity index (χ3v) is 4.94. The number of nitrogens with two attached hydrogens (primary N) is 1. The first-order chi connectivity index (χ1) is 9.03. The third-order valence-electron chi connectivity index (χ3n) is 3.35. The predicted molar refractivity (Wildman–Crippen MR) is 70.7 cm³/mol. The summed E-state index contributed by atoms with van der Waals surface area (Å²) in [5, 5.41) is 9.42. The molecule has 0 radical (unpaired) electrons. The standard InChI is InChI=1S/C12H19N3O3S/c13-8-11-12(2-1-7-14-11)19(17,18)15-9-3-5-10(16)6-4-9/h1-2,7,9-10,15-16H,3-6,8,13H2. The lowest BCUT2D eigenvalue weighted by Gasteiger charge is -2.26. The Hall–Kier alpha value is -1.02. The van der Waals surface area contributed by atoms with E-state index < -0.39 is 10.0 Å². The van der Waals surface area contributed by atoms with Gasteiger partial charge in [0, 0.05) is 18.8 Å². The van der Waals surface area contributed by atoms with E-state index in [0.717, 1.165) is 0 Å². The molecule has 1 heterocycles. The van der Waals surface area contributed by atoms with Gasteiger partial charge in [-0.15, -0.1) is 0 Å². The van der Waals surface area contributed by atoms with Gasteiger partial charge >= 0.3 is 0 Å². The highest BCUT2D eigenvalue weighted by Crippen LogP contribution is 2.21. The summed E-state index contributed by atoms with van der Waals surface area (Å²) in [5.41, 5.74) is 5.88. The molecule has 1 saturated carbocycles. The lowest BCUT2D eigenvalue weighted by Crippen LogP contribution is -2.39. The van der Waals surface area contributed by atoms with Crippen molar-refractivity contribution in [3.8, 4) is 0 Å². The highest BCUT2D eigenvalue weighted by Gasteiger charge is 2.26. The highest BCUT2D eigenvalue weighted by molar-refractivity contribution is 7.89.